The van der Waals surface area contributed by atoms with Gasteiger partial charge in [-0.25, -0.2) is 4.79 Å². The van der Waals surface area contributed by atoms with Crippen molar-refractivity contribution in [1.82, 2.24) is 9.80 Å². The highest BCUT2D eigenvalue weighted by Gasteiger charge is 2.30. The van der Waals surface area contributed by atoms with Gasteiger partial charge in [-0.3, -0.25) is 9.69 Å². The molecule has 2 aromatic rings. The molecule has 0 fully saturated rings. The molecule has 5 nitrogen and oxygen atoms in total. The number of hydrogen-bond acceptors (Lipinski definition) is 4. The average Bonchev–Trinajstić information content (AvgIpc) is 3.15. The SMILES string of the molecule is CC(C)(C)N(CC(=O)N(Cc1cccs1)Cc1cccs1)C(=O)O. The lowest BCUT2D eigenvalue weighted by molar-refractivity contribution is -0.134. The Morgan fingerprint density at radius 1 is 1.04 bits per heavy atom. The number of hydrogen-bond donors (Lipinski definition) is 1. The minimum atomic E-state index is -1.08. The topological polar surface area (TPSA) is 60.9 Å². The maximum absolute atomic E-state index is 12.8. The third-order valence-corrected chi connectivity index (χ3v) is 5.26. The summed E-state index contributed by atoms with van der Waals surface area (Å²) in [4.78, 5) is 29.4. The Hall–Kier alpha value is -1.86. The monoisotopic (exact) mass is 366 g/mol. The van der Waals surface area contributed by atoms with Crippen LogP contribution < -0.4 is 0 Å². The van der Waals surface area contributed by atoms with E-state index in [4.69, 9.17) is 0 Å². The van der Waals surface area contributed by atoms with E-state index in [0.717, 1.165) is 9.75 Å². The quantitative estimate of drug-likeness (QED) is 0.837. The smallest absolute Gasteiger partial charge is 0.408 e. The third-order valence-electron chi connectivity index (χ3n) is 3.54. The summed E-state index contributed by atoms with van der Waals surface area (Å²) in [7, 11) is 0. The molecule has 0 aliphatic rings. The van der Waals surface area contributed by atoms with Crippen LogP contribution in [0.4, 0.5) is 4.79 Å². The summed E-state index contributed by atoms with van der Waals surface area (Å²) in [5.74, 6) is -0.186. The van der Waals surface area contributed by atoms with E-state index in [0.29, 0.717) is 13.1 Å². The second-order valence-electron chi connectivity index (χ2n) is 6.45. The molecule has 0 aliphatic heterocycles. The first-order chi connectivity index (χ1) is 11.3. The fourth-order valence-electron chi connectivity index (χ4n) is 2.24. The molecule has 0 saturated carbocycles. The summed E-state index contributed by atoms with van der Waals surface area (Å²) in [5, 5.41) is 13.4. The van der Waals surface area contributed by atoms with Crippen molar-refractivity contribution in [2.45, 2.75) is 39.4 Å². The molecule has 24 heavy (non-hydrogen) atoms. The number of carbonyl (C=O) groups excluding carboxylic acids is 1. The molecule has 2 aromatic heterocycles. The second-order valence-corrected chi connectivity index (χ2v) is 8.51. The van der Waals surface area contributed by atoms with Gasteiger partial charge in [0.25, 0.3) is 0 Å². The van der Waals surface area contributed by atoms with E-state index in [1.54, 1.807) is 48.3 Å². The Morgan fingerprint density at radius 2 is 1.54 bits per heavy atom. The number of carbonyl (C=O) groups is 2. The molecular weight excluding hydrogens is 344 g/mol. The van der Waals surface area contributed by atoms with Crippen molar-refractivity contribution in [3.8, 4) is 0 Å². The number of carboxylic acid groups (broad SMARTS) is 1. The maximum Gasteiger partial charge on any atom is 0.408 e. The summed E-state index contributed by atoms with van der Waals surface area (Å²) >= 11 is 3.18. The van der Waals surface area contributed by atoms with Crippen LogP contribution in [0, 0.1) is 0 Å². The van der Waals surface area contributed by atoms with Crippen molar-refractivity contribution in [2.75, 3.05) is 6.54 Å². The predicted molar refractivity (Wildman–Crippen MR) is 97.4 cm³/mol. The Labute approximate surface area is 150 Å². The Morgan fingerprint density at radius 3 is 1.88 bits per heavy atom. The van der Waals surface area contributed by atoms with Gasteiger partial charge >= 0.3 is 6.09 Å². The minimum absolute atomic E-state index is 0.143. The Balaban J connectivity index is 2.15. The van der Waals surface area contributed by atoms with Gasteiger partial charge in [-0.1, -0.05) is 12.1 Å². The van der Waals surface area contributed by atoms with Crippen LogP contribution in [0.25, 0.3) is 0 Å². The minimum Gasteiger partial charge on any atom is -0.465 e. The zero-order chi connectivity index (χ0) is 17.7. The van der Waals surface area contributed by atoms with E-state index in [2.05, 4.69) is 0 Å². The summed E-state index contributed by atoms with van der Waals surface area (Å²) in [6.07, 6.45) is -1.08. The Kier molecular flexibility index (Phi) is 6.01. The molecule has 2 amide bonds. The van der Waals surface area contributed by atoms with Crippen molar-refractivity contribution >= 4 is 34.7 Å². The van der Waals surface area contributed by atoms with Crippen LogP contribution in [-0.4, -0.2) is 39.0 Å². The molecule has 0 spiro atoms. The van der Waals surface area contributed by atoms with Crippen LogP contribution in [-0.2, 0) is 17.9 Å². The molecule has 0 atom stereocenters. The van der Waals surface area contributed by atoms with Crippen molar-refractivity contribution in [3.05, 3.63) is 44.8 Å². The summed E-state index contributed by atoms with van der Waals surface area (Å²) in [6, 6.07) is 7.87. The van der Waals surface area contributed by atoms with E-state index in [-0.39, 0.29) is 12.5 Å². The molecule has 0 aliphatic carbocycles. The molecule has 2 heterocycles. The zero-order valence-electron chi connectivity index (χ0n) is 14.1. The standard InChI is InChI=1S/C17H22N2O3S2/c1-17(2,3)19(16(21)22)12-15(20)18(10-13-6-4-8-23-13)11-14-7-5-9-24-14/h4-9H,10-12H2,1-3H3,(H,21,22). The first-order valence-electron chi connectivity index (χ1n) is 7.60. The molecule has 0 saturated heterocycles. The lowest BCUT2D eigenvalue weighted by Crippen LogP contribution is -2.50. The van der Waals surface area contributed by atoms with Crippen molar-refractivity contribution in [1.29, 1.82) is 0 Å². The maximum atomic E-state index is 12.8. The molecule has 0 aromatic carbocycles. The fourth-order valence-corrected chi connectivity index (χ4v) is 3.68. The van der Waals surface area contributed by atoms with Gasteiger partial charge in [0.2, 0.25) is 5.91 Å². The van der Waals surface area contributed by atoms with Crippen LogP contribution in [0.15, 0.2) is 35.0 Å². The second kappa shape index (κ2) is 7.81. The molecular formula is C17H22N2O3S2. The van der Waals surface area contributed by atoms with Crippen LogP contribution in [0.5, 0.6) is 0 Å². The molecule has 2 rings (SSSR count). The molecule has 0 unspecified atom stereocenters. The lowest BCUT2D eigenvalue weighted by atomic mass is 10.1. The zero-order valence-corrected chi connectivity index (χ0v) is 15.7. The lowest BCUT2D eigenvalue weighted by Gasteiger charge is -2.34. The molecule has 0 bridgehead atoms. The van der Waals surface area contributed by atoms with E-state index in [9.17, 15) is 14.7 Å². The molecule has 130 valence electrons. The normalized spacial score (nSPS) is 11.3. The van der Waals surface area contributed by atoms with Gasteiger partial charge in [-0.15, -0.1) is 22.7 Å². The van der Waals surface area contributed by atoms with Gasteiger partial charge in [0.1, 0.15) is 6.54 Å². The van der Waals surface area contributed by atoms with E-state index >= 15 is 0 Å². The van der Waals surface area contributed by atoms with Gasteiger partial charge in [0.15, 0.2) is 0 Å². The molecule has 0 radical (unpaired) electrons. The predicted octanol–water partition coefficient (Wildman–Crippen LogP) is 4.12. The van der Waals surface area contributed by atoms with Crippen LogP contribution >= 0.6 is 22.7 Å². The first-order valence-corrected chi connectivity index (χ1v) is 9.36. The third kappa shape index (κ3) is 5.07. The van der Waals surface area contributed by atoms with Crippen LogP contribution in [0.2, 0.25) is 0 Å². The first kappa shape index (κ1) is 18.5. The van der Waals surface area contributed by atoms with Gasteiger partial charge in [0.05, 0.1) is 13.1 Å². The van der Waals surface area contributed by atoms with Crippen LogP contribution in [0.1, 0.15) is 30.5 Å². The largest absolute Gasteiger partial charge is 0.465 e. The molecule has 7 heteroatoms. The van der Waals surface area contributed by atoms with E-state index in [1.165, 1.54) is 4.90 Å². The van der Waals surface area contributed by atoms with Gasteiger partial charge in [0, 0.05) is 15.3 Å². The number of rotatable bonds is 6. The van der Waals surface area contributed by atoms with E-state index in [1.807, 2.05) is 35.0 Å². The van der Waals surface area contributed by atoms with Crippen molar-refractivity contribution < 1.29 is 14.7 Å². The highest BCUT2D eigenvalue weighted by Crippen LogP contribution is 2.19. The van der Waals surface area contributed by atoms with Crippen molar-refractivity contribution in [2.24, 2.45) is 0 Å². The average molecular weight is 367 g/mol. The summed E-state index contributed by atoms with van der Waals surface area (Å²) in [6.45, 7) is 6.21. The number of amides is 2. The van der Waals surface area contributed by atoms with E-state index < -0.39 is 11.6 Å². The number of thiophene rings is 2. The summed E-state index contributed by atoms with van der Waals surface area (Å²) in [5.41, 5.74) is -0.626. The van der Waals surface area contributed by atoms with Gasteiger partial charge in [-0.2, -0.15) is 0 Å². The van der Waals surface area contributed by atoms with Crippen molar-refractivity contribution in [3.63, 3.8) is 0 Å². The van der Waals surface area contributed by atoms with Gasteiger partial charge in [-0.05, 0) is 43.7 Å². The summed E-state index contributed by atoms with van der Waals surface area (Å²) < 4.78 is 0. The highest BCUT2D eigenvalue weighted by molar-refractivity contribution is 7.10. The van der Waals surface area contributed by atoms with Gasteiger partial charge < -0.3 is 10.0 Å². The molecule has 1 N–H and O–H groups in total. The Bertz CT molecular complexity index is 624. The fraction of sp³-hybridized carbons (Fsp3) is 0.412. The number of nitrogens with zero attached hydrogens (tertiary/aromatic N) is 2. The highest BCUT2D eigenvalue weighted by atomic mass is 32.1. The van der Waals surface area contributed by atoms with Crippen LogP contribution in [0.3, 0.4) is 0 Å².